The van der Waals surface area contributed by atoms with Crippen LogP contribution < -0.4 is 9.47 Å². The van der Waals surface area contributed by atoms with Gasteiger partial charge in [-0.1, -0.05) is 28.7 Å². The summed E-state index contributed by atoms with van der Waals surface area (Å²) in [6.45, 7) is -2.82. The number of hydrogen-bond acceptors (Lipinski definition) is 2. The molecule has 0 fully saturated rings. The summed E-state index contributed by atoms with van der Waals surface area (Å²) in [5.41, 5.74) is 1.00. The molecule has 1 aromatic rings. The zero-order chi connectivity index (χ0) is 10.6. The molecule has 0 saturated heterocycles. The maximum absolute atomic E-state index is 11.9. The Morgan fingerprint density at radius 3 is 2.57 bits per heavy atom. The molecule has 0 heterocycles. The van der Waals surface area contributed by atoms with Gasteiger partial charge in [0, 0.05) is 4.43 Å². The van der Waals surface area contributed by atoms with Gasteiger partial charge in [-0.25, -0.2) is 0 Å². The highest BCUT2D eigenvalue weighted by atomic mass is 127. The van der Waals surface area contributed by atoms with Crippen LogP contribution in [0.5, 0.6) is 11.5 Å². The van der Waals surface area contributed by atoms with Crippen LogP contribution in [0.15, 0.2) is 18.2 Å². The van der Waals surface area contributed by atoms with E-state index in [2.05, 4.69) is 27.3 Å². The highest BCUT2D eigenvalue weighted by Gasteiger charge is 2.10. The maximum atomic E-state index is 11.9. The number of ether oxygens (including phenoxy) is 2. The Bertz CT molecular complexity index is 305. The van der Waals surface area contributed by atoms with E-state index in [1.54, 1.807) is 12.1 Å². The fraction of sp³-hybridized carbons (Fsp3) is 0.333. The lowest BCUT2D eigenvalue weighted by Gasteiger charge is -2.10. The van der Waals surface area contributed by atoms with Gasteiger partial charge in [-0.05, 0) is 17.7 Å². The largest absolute Gasteiger partial charge is 0.493 e. The second-order valence-corrected chi connectivity index (χ2v) is 3.26. The monoisotopic (exact) mass is 314 g/mol. The van der Waals surface area contributed by atoms with Gasteiger partial charge in [0.2, 0.25) is 0 Å². The maximum Gasteiger partial charge on any atom is 0.387 e. The van der Waals surface area contributed by atoms with Crippen molar-refractivity contribution >= 4 is 22.6 Å². The first-order valence-corrected chi connectivity index (χ1v) is 5.37. The normalized spacial score (nSPS) is 10.4. The minimum atomic E-state index is -2.82. The van der Waals surface area contributed by atoms with E-state index in [0.29, 0.717) is 5.75 Å². The second-order valence-electron chi connectivity index (χ2n) is 2.50. The van der Waals surface area contributed by atoms with Gasteiger partial charge in [-0.2, -0.15) is 8.78 Å². The molecule has 2 nitrogen and oxygen atoms in total. The highest BCUT2D eigenvalue weighted by Crippen LogP contribution is 2.29. The van der Waals surface area contributed by atoms with Crippen LogP contribution in [0.2, 0.25) is 0 Å². The van der Waals surface area contributed by atoms with E-state index in [4.69, 9.17) is 4.74 Å². The zero-order valence-electron chi connectivity index (χ0n) is 7.47. The first-order valence-electron chi connectivity index (χ1n) is 3.85. The van der Waals surface area contributed by atoms with Crippen molar-refractivity contribution in [1.82, 2.24) is 0 Å². The van der Waals surface area contributed by atoms with E-state index < -0.39 is 6.61 Å². The van der Waals surface area contributed by atoms with Gasteiger partial charge < -0.3 is 9.47 Å². The molecule has 0 aliphatic carbocycles. The third-order valence-electron chi connectivity index (χ3n) is 1.60. The third-order valence-corrected chi connectivity index (χ3v) is 2.48. The summed E-state index contributed by atoms with van der Waals surface area (Å²) in [6.07, 6.45) is 0. The number of methoxy groups -OCH3 is 1. The summed E-state index contributed by atoms with van der Waals surface area (Å²) in [5.74, 6) is 0.399. The first-order chi connectivity index (χ1) is 6.67. The highest BCUT2D eigenvalue weighted by molar-refractivity contribution is 14.1. The molecule has 0 radical (unpaired) electrons. The van der Waals surface area contributed by atoms with Crippen molar-refractivity contribution in [1.29, 1.82) is 0 Å². The smallest absolute Gasteiger partial charge is 0.387 e. The minimum absolute atomic E-state index is 0.0658. The number of alkyl halides is 3. The summed E-state index contributed by atoms with van der Waals surface area (Å²) in [7, 11) is 1.42. The lowest BCUT2D eigenvalue weighted by molar-refractivity contribution is -0.0512. The number of halogens is 3. The number of rotatable bonds is 4. The fourth-order valence-electron chi connectivity index (χ4n) is 0.988. The lowest BCUT2D eigenvalue weighted by Crippen LogP contribution is -2.03. The molecule has 0 amide bonds. The summed E-state index contributed by atoms with van der Waals surface area (Å²) in [6, 6.07) is 4.90. The molecule has 0 bridgehead atoms. The molecular formula is C9H9F2IO2. The van der Waals surface area contributed by atoms with E-state index >= 15 is 0 Å². The molecule has 0 aromatic heterocycles. The van der Waals surface area contributed by atoms with E-state index in [1.165, 1.54) is 13.2 Å². The van der Waals surface area contributed by atoms with E-state index in [9.17, 15) is 8.78 Å². The molecule has 0 aliphatic rings. The summed E-state index contributed by atoms with van der Waals surface area (Å²) in [4.78, 5) is 0. The molecule has 1 rings (SSSR count). The van der Waals surface area contributed by atoms with E-state index in [1.807, 2.05) is 0 Å². The molecular weight excluding hydrogens is 305 g/mol. The Balaban J connectivity index is 2.93. The van der Waals surface area contributed by atoms with Gasteiger partial charge in [0.05, 0.1) is 7.11 Å². The Morgan fingerprint density at radius 2 is 2.07 bits per heavy atom. The van der Waals surface area contributed by atoms with Gasteiger partial charge in [0.1, 0.15) is 0 Å². The van der Waals surface area contributed by atoms with Crippen LogP contribution in [-0.4, -0.2) is 13.7 Å². The average Bonchev–Trinajstić information content (AvgIpc) is 2.17. The summed E-state index contributed by atoms with van der Waals surface area (Å²) >= 11 is 2.18. The van der Waals surface area contributed by atoms with Crippen LogP contribution in [0.4, 0.5) is 8.78 Å². The lowest BCUT2D eigenvalue weighted by atomic mass is 10.2. The molecule has 14 heavy (non-hydrogen) atoms. The third kappa shape index (κ3) is 2.97. The van der Waals surface area contributed by atoms with Crippen LogP contribution in [0.25, 0.3) is 0 Å². The molecule has 0 aliphatic heterocycles. The minimum Gasteiger partial charge on any atom is -0.493 e. The SMILES string of the molecule is COc1cc(CI)ccc1OC(F)F. The second kappa shape index (κ2) is 5.33. The summed E-state index contributed by atoms with van der Waals surface area (Å²) < 4.78 is 33.9. The van der Waals surface area contributed by atoms with Crippen LogP contribution in [0.1, 0.15) is 5.56 Å². The van der Waals surface area contributed by atoms with Crippen molar-refractivity contribution in [3.05, 3.63) is 23.8 Å². The van der Waals surface area contributed by atoms with Gasteiger partial charge in [-0.15, -0.1) is 0 Å². The molecule has 0 spiro atoms. The predicted octanol–water partition coefficient (Wildman–Crippen LogP) is 3.23. The van der Waals surface area contributed by atoms with Gasteiger partial charge in [-0.3, -0.25) is 0 Å². The number of hydrogen-bond donors (Lipinski definition) is 0. The average molecular weight is 314 g/mol. The standard InChI is InChI=1S/C9H9F2IO2/c1-13-8-4-6(5-12)2-3-7(8)14-9(10)11/h2-4,9H,5H2,1H3. The first kappa shape index (κ1) is 11.5. The van der Waals surface area contributed by atoms with Crippen molar-refractivity contribution in [2.45, 2.75) is 11.0 Å². The van der Waals surface area contributed by atoms with Crippen LogP contribution in [0, 0.1) is 0 Å². The van der Waals surface area contributed by atoms with Crippen LogP contribution in [0.3, 0.4) is 0 Å². The van der Waals surface area contributed by atoms with Crippen molar-refractivity contribution < 1.29 is 18.3 Å². The Hall–Kier alpha value is -0.590. The Morgan fingerprint density at radius 1 is 1.36 bits per heavy atom. The molecule has 0 saturated carbocycles. The molecule has 78 valence electrons. The summed E-state index contributed by atoms with van der Waals surface area (Å²) in [5, 5.41) is 0. The Kier molecular flexibility index (Phi) is 4.37. The Labute approximate surface area is 94.3 Å². The van der Waals surface area contributed by atoms with Crippen molar-refractivity contribution in [2.24, 2.45) is 0 Å². The van der Waals surface area contributed by atoms with Gasteiger partial charge in [0.25, 0.3) is 0 Å². The molecule has 0 N–H and O–H groups in total. The quantitative estimate of drug-likeness (QED) is 0.627. The van der Waals surface area contributed by atoms with Crippen LogP contribution in [-0.2, 0) is 4.43 Å². The van der Waals surface area contributed by atoms with E-state index in [-0.39, 0.29) is 5.75 Å². The van der Waals surface area contributed by atoms with Gasteiger partial charge >= 0.3 is 6.61 Å². The van der Waals surface area contributed by atoms with Crippen LogP contribution >= 0.6 is 22.6 Å². The van der Waals surface area contributed by atoms with E-state index in [0.717, 1.165) is 9.99 Å². The number of benzene rings is 1. The predicted molar refractivity (Wildman–Crippen MR) is 57.4 cm³/mol. The van der Waals surface area contributed by atoms with Crippen molar-refractivity contribution in [3.8, 4) is 11.5 Å². The molecule has 1 aromatic carbocycles. The zero-order valence-corrected chi connectivity index (χ0v) is 9.62. The van der Waals surface area contributed by atoms with Crippen molar-refractivity contribution in [2.75, 3.05) is 7.11 Å². The molecule has 0 atom stereocenters. The van der Waals surface area contributed by atoms with Crippen molar-refractivity contribution in [3.63, 3.8) is 0 Å². The topological polar surface area (TPSA) is 18.5 Å². The van der Waals surface area contributed by atoms with Gasteiger partial charge in [0.15, 0.2) is 11.5 Å². The molecule has 0 unspecified atom stereocenters. The molecule has 5 heteroatoms. The fourth-order valence-corrected chi connectivity index (χ4v) is 1.46.